The van der Waals surface area contributed by atoms with Gasteiger partial charge in [-0.25, -0.2) is 0 Å². The third-order valence-electron chi connectivity index (χ3n) is 13.3. The first-order valence-corrected chi connectivity index (χ1v) is 20.8. The molecular formula is C46H64N6O7. The Kier molecular flexibility index (Phi) is 13.4. The first kappa shape index (κ1) is 44.0. The van der Waals surface area contributed by atoms with Gasteiger partial charge < -0.3 is 40.3 Å². The molecule has 3 saturated carbocycles. The molecule has 320 valence electrons. The van der Waals surface area contributed by atoms with Gasteiger partial charge in [0, 0.05) is 67.7 Å². The minimum Gasteiger partial charge on any atom is -0.496 e. The lowest BCUT2D eigenvalue weighted by Gasteiger charge is -2.62. The van der Waals surface area contributed by atoms with Crippen molar-refractivity contribution in [1.29, 1.82) is 0 Å². The zero-order chi connectivity index (χ0) is 42.9. The molecule has 4 N–H and O–H groups in total. The van der Waals surface area contributed by atoms with Crippen LogP contribution in [-0.2, 0) is 21.0 Å². The predicted molar refractivity (Wildman–Crippen MR) is 230 cm³/mol. The lowest BCUT2D eigenvalue weighted by atomic mass is 9.45. The Labute approximate surface area is 349 Å². The van der Waals surface area contributed by atoms with Gasteiger partial charge in [-0.15, -0.1) is 0 Å². The number of methoxy groups -OCH3 is 1. The van der Waals surface area contributed by atoms with E-state index in [1.807, 2.05) is 92.6 Å². The van der Waals surface area contributed by atoms with Gasteiger partial charge in [-0.2, -0.15) is 5.06 Å². The maximum absolute atomic E-state index is 14.3. The van der Waals surface area contributed by atoms with E-state index in [0.717, 1.165) is 17.8 Å². The van der Waals surface area contributed by atoms with Crippen molar-refractivity contribution < 1.29 is 34.2 Å². The number of amides is 3. The monoisotopic (exact) mass is 812 g/mol. The fourth-order valence-electron chi connectivity index (χ4n) is 9.79. The van der Waals surface area contributed by atoms with Crippen LogP contribution in [0.2, 0.25) is 0 Å². The number of aliphatic hydroxyl groups excluding tert-OH is 2. The van der Waals surface area contributed by atoms with Crippen molar-refractivity contribution in [3.05, 3.63) is 77.9 Å². The van der Waals surface area contributed by atoms with Crippen LogP contribution < -0.4 is 25.2 Å². The van der Waals surface area contributed by atoms with E-state index in [4.69, 9.17) is 9.57 Å². The number of para-hydroxylation sites is 2. The number of hydroxylamine groups is 2. The van der Waals surface area contributed by atoms with E-state index in [0.29, 0.717) is 52.3 Å². The van der Waals surface area contributed by atoms with Crippen molar-refractivity contribution in [2.24, 2.45) is 29.1 Å². The highest BCUT2D eigenvalue weighted by molar-refractivity contribution is 6.03. The summed E-state index contributed by atoms with van der Waals surface area (Å²) in [7, 11) is 10.8. The van der Waals surface area contributed by atoms with Gasteiger partial charge in [-0.3, -0.25) is 19.2 Å². The van der Waals surface area contributed by atoms with Crippen LogP contribution in [-0.4, -0.2) is 124 Å². The van der Waals surface area contributed by atoms with Crippen LogP contribution in [0, 0.1) is 29.1 Å². The van der Waals surface area contributed by atoms with Crippen LogP contribution in [0.15, 0.2) is 66.7 Å². The molecule has 13 nitrogen and oxygen atoms in total. The van der Waals surface area contributed by atoms with Crippen LogP contribution in [0.3, 0.4) is 0 Å². The normalized spacial score (nSPS) is 25.7. The summed E-state index contributed by atoms with van der Waals surface area (Å²) >= 11 is 0. The molecule has 2 bridgehead atoms. The third-order valence-corrected chi connectivity index (χ3v) is 13.3. The van der Waals surface area contributed by atoms with Crippen LogP contribution in [0.1, 0.15) is 56.5 Å². The van der Waals surface area contributed by atoms with E-state index in [-0.39, 0.29) is 36.4 Å². The molecule has 59 heavy (non-hydrogen) atoms. The Bertz CT molecular complexity index is 1970. The van der Waals surface area contributed by atoms with E-state index in [1.54, 1.807) is 43.2 Å². The van der Waals surface area contributed by atoms with Gasteiger partial charge >= 0.3 is 0 Å². The minimum atomic E-state index is -0.929. The zero-order valence-electron chi connectivity index (χ0n) is 36.3. The number of benzene rings is 3. The van der Waals surface area contributed by atoms with Crippen LogP contribution in [0.5, 0.6) is 5.75 Å². The highest BCUT2D eigenvalue weighted by Crippen LogP contribution is 2.61. The fraction of sp³-hybridized carbons (Fsp3) is 0.543. The topological polar surface area (TPSA) is 147 Å². The van der Waals surface area contributed by atoms with Crippen molar-refractivity contribution >= 4 is 29.1 Å². The second-order valence-electron chi connectivity index (χ2n) is 17.9. The van der Waals surface area contributed by atoms with Crippen molar-refractivity contribution in [3.8, 4) is 16.9 Å². The van der Waals surface area contributed by atoms with E-state index >= 15 is 0 Å². The lowest BCUT2D eigenvalue weighted by molar-refractivity contribution is -0.183. The minimum absolute atomic E-state index is 0.0123. The average Bonchev–Trinajstić information content (AvgIpc) is 3.59. The zero-order valence-corrected chi connectivity index (χ0v) is 36.3. The lowest BCUT2D eigenvalue weighted by Crippen LogP contribution is -2.62. The van der Waals surface area contributed by atoms with E-state index in [2.05, 4.69) is 31.4 Å². The molecule has 1 saturated heterocycles. The van der Waals surface area contributed by atoms with Crippen molar-refractivity contribution in [2.75, 3.05) is 65.3 Å². The van der Waals surface area contributed by atoms with E-state index in [9.17, 15) is 24.6 Å². The Balaban J connectivity index is 1.29. The van der Waals surface area contributed by atoms with Crippen molar-refractivity contribution in [3.63, 3.8) is 0 Å². The molecule has 7 rings (SSSR count). The maximum atomic E-state index is 14.3. The molecule has 3 amide bonds. The van der Waals surface area contributed by atoms with Crippen LogP contribution in [0.25, 0.3) is 11.1 Å². The van der Waals surface area contributed by atoms with Crippen molar-refractivity contribution in [1.82, 2.24) is 20.6 Å². The summed E-state index contributed by atoms with van der Waals surface area (Å²) in [5, 5.41) is 29.3. The SMILES string of the molecule is COc1c(CN2O[C@@H](CO)[C@@H]([C@H](C)O)[C@H]2C(=O)N[C@H]2C[C@@H]3C[C@H]([C@@H]2C)C3(C)C)cccc1-c1cc(C(=O)N[C@H](CN(C)C)C(=O)N(C)c2ccccc2)cc(N(C)C)c1. The fourth-order valence-corrected chi connectivity index (χ4v) is 9.79. The number of fused-ring (bicyclic) bond motifs is 2. The second kappa shape index (κ2) is 18.0. The number of carbonyl (C=O) groups excluding carboxylic acids is 3. The predicted octanol–water partition coefficient (Wildman–Crippen LogP) is 4.41. The Morgan fingerprint density at radius 1 is 0.983 bits per heavy atom. The maximum Gasteiger partial charge on any atom is 0.252 e. The number of hydrogen-bond acceptors (Lipinski definition) is 10. The number of nitrogens with one attached hydrogen (secondary N) is 2. The number of aliphatic hydroxyl groups is 2. The standard InChI is InChI=1S/C46H64N6O7/c1-27-36-22-32(46(36,3)4)23-37(27)47-44(56)41-40(28(2)54)39(26-53)59-52(41)24-29-15-14-18-35(42(29)58-10)30-19-31(21-34(20-30)50(7)8)43(55)48-38(25-49(5)6)45(57)51(9)33-16-12-11-13-17-33/h11-21,27-28,32,36-41,53-54H,22-26H2,1-10H3,(H,47,56)(H,48,55)/t27-,28-,32-,36+,37-,38+,39-,40+,41-/m0/s1. The smallest absolute Gasteiger partial charge is 0.252 e. The first-order chi connectivity index (χ1) is 28.0. The summed E-state index contributed by atoms with van der Waals surface area (Å²) in [5.74, 6) is 0.364. The molecule has 1 aliphatic heterocycles. The number of likely N-dealkylation sites (N-methyl/N-ethyl adjacent to an activating group) is 2. The molecule has 4 aliphatic rings. The molecule has 0 radical (unpaired) electrons. The second-order valence-corrected chi connectivity index (χ2v) is 17.9. The average molecular weight is 813 g/mol. The number of rotatable bonds is 15. The Morgan fingerprint density at radius 3 is 2.29 bits per heavy atom. The third kappa shape index (κ3) is 9.00. The largest absolute Gasteiger partial charge is 0.496 e. The Morgan fingerprint density at radius 2 is 1.69 bits per heavy atom. The number of nitrogens with zero attached hydrogens (tertiary/aromatic N) is 4. The molecule has 1 heterocycles. The molecule has 3 aliphatic carbocycles. The molecule has 9 atom stereocenters. The van der Waals surface area contributed by atoms with E-state index in [1.165, 1.54) is 6.42 Å². The first-order valence-electron chi connectivity index (χ1n) is 20.8. The summed E-state index contributed by atoms with van der Waals surface area (Å²) in [4.78, 5) is 53.8. The van der Waals surface area contributed by atoms with Gasteiger partial charge in [-0.1, -0.05) is 57.2 Å². The van der Waals surface area contributed by atoms with Crippen LogP contribution in [0.4, 0.5) is 11.4 Å². The van der Waals surface area contributed by atoms with E-state index < -0.39 is 36.1 Å². The van der Waals surface area contributed by atoms with Crippen LogP contribution >= 0.6 is 0 Å². The molecule has 0 aromatic heterocycles. The van der Waals surface area contributed by atoms with Gasteiger partial charge in [0.1, 0.15) is 23.9 Å². The summed E-state index contributed by atoms with van der Waals surface area (Å²) in [6.45, 7) is 8.56. The van der Waals surface area contributed by atoms with Gasteiger partial charge in [0.25, 0.3) is 11.8 Å². The molecule has 3 aromatic rings. The summed E-state index contributed by atoms with van der Waals surface area (Å²) in [5.41, 5.74) is 4.23. The summed E-state index contributed by atoms with van der Waals surface area (Å²) in [6, 6.07) is 18.9. The molecule has 13 heteroatoms. The number of carbonyl (C=O) groups is 3. The number of ether oxygens (including phenoxy) is 1. The Hall–Kier alpha value is -4.53. The number of anilines is 2. The molecular weight excluding hydrogens is 749 g/mol. The summed E-state index contributed by atoms with van der Waals surface area (Å²) < 4.78 is 6.09. The van der Waals surface area contributed by atoms with Gasteiger partial charge in [0.05, 0.1) is 26.4 Å². The van der Waals surface area contributed by atoms with Gasteiger partial charge in [0.2, 0.25) is 5.91 Å². The quantitative estimate of drug-likeness (QED) is 0.174. The van der Waals surface area contributed by atoms with Gasteiger partial charge in [-0.05, 0) is 92.9 Å². The van der Waals surface area contributed by atoms with Crippen molar-refractivity contribution in [2.45, 2.75) is 77.4 Å². The highest BCUT2D eigenvalue weighted by Gasteiger charge is 2.57. The molecule has 3 aromatic carbocycles. The number of hydrogen-bond donors (Lipinski definition) is 4. The highest BCUT2D eigenvalue weighted by atomic mass is 16.7. The van der Waals surface area contributed by atoms with Gasteiger partial charge in [0.15, 0.2) is 0 Å². The summed E-state index contributed by atoms with van der Waals surface area (Å²) in [6.07, 6.45) is 0.378. The molecule has 4 fully saturated rings. The molecule has 0 unspecified atom stereocenters. The molecule has 0 spiro atoms.